The van der Waals surface area contributed by atoms with Crippen molar-refractivity contribution in [2.24, 2.45) is 15.8 Å². The van der Waals surface area contributed by atoms with Crippen LogP contribution in [0.4, 0.5) is 4.79 Å². The third-order valence-corrected chi connectivity index (χ3v) is 9.07. The highest BCUT2D eigenvalue weighted by atomic mass is 16.6. The molecule has 1 fully saturated rings. The van der Waals surface area contributed by atoms with Gasteiger partial charge in [-0.25, -0.2) is 9.78 Å². The number of allylic oxidation sites excluding steroid dienone is 1. The Morgan fingerprint density at radius 2 is 1.43 bits per heavy atom. The Morgan fingerprint density at radius 3 is 1.95 bits per heavy atom. The average molecular weight is 595 g/mol. The number of ether oxygens (including phenoxy) is 1. The Bertz CT molecular complexity index is 1540. The molecule has 0 spiro atoms. The van der Waals surface area contributed by atoms with Gasteiger partial charge in [0, 0.05) is 24.3 Å². The quantitative estimate of drug-likeness (QED) is 0.286. The normalized spacial score (nSPS) is 20.0. The molecule has 0 saturated heterocycles. The molecule has 6 heteroatoms. The lowest BCUT2D eigenvalue weighted by Crippen LogP contribution is -2.50. The summed E-state index contributed by atoms with van der Waals surface area (Å²) in [7, 11) is 0. The van der Waals surface area contributed by atoms with E-state index in [2.05, 4.69) is 112 Å². The van der Waals surface area contributed by atoms with Crippen molar-refractivity contribution in [2.75, 3.05) is 0 Å². The Morgan fingerprint density at radius 1 is 0.864 bits per heavy atom. The number of amides is 1. The average Bonchev–Trinajstić information content (AvgIpc) is 3.33. The molecule has 1 amide bonds. The van der Waals surface area contributed by atoms with Crippen molar-refractivity contribution in [3.8, 4) is 11.3 Å². The van der Waals surface area contributed by atoms with Gasteiger partial charge in [-0.05, 0) is 77.7 Å². The standard InChI is InChI=1S/C38H50N4O2/c1-23(36(2,3)4)34-40-22-32(41-34)27-17-15-26(16-18-27)30-20-29(30)25-13-11-24(12-14-25)28-19-31(39-21-28)33(37(5,6)7)42-35(43)44-38(8,9)10/h11-18,21-23,29-30,33H,19-20H2,1-10H3,(H,40,41)(H,42,43)/t23-,29-,30-,33-/m1/s1. The Hall–Kier alpha value is -3.67. The van der Waals surface area contributed by atoms with Gasteiger partial charge in [-0.15, -0.1) is 0 Å². The summed E-state index contributed by atoms with van der Waals surface area (Å²) in [6.07, 6.45) is 5.39. The molecule has 44 heavy (non-hydrogen) atoms. The molecule has 234 valence electrons. The number of alkyl carbamates (subject to hydrolysis) is 1. The number of aromatic amines is 1. The maximum Gasteiger partial charge on any atom is 0.408 e. The second-order valence-electron chi connectivity index (χ2n) is 15.9. The molecule has 1 aliphatic carbocycles. The highest BCUT2D eigenvalue weighted by Gasteiger charge is 2.39. The molecule has 0 bridgehead atoms. The number of hydrogen-bond acceptors (Lipinski definition) is 4. The van der Waals surface area contributed by atoms with Crippen molar-refractivity contribution in [1.82, 2.24) is 15.3 Å². The van der Waals surface area contributed by atoms with Gasteiger partial charge >= 0.3 is 6.09 Å². The third-order valence-electron chi connectivity index (χ3n) is 9.07. The van der Waals surface area contributed by atoms with Crippen LogP contribution in [0.25, 0.3) is 16.8 Å². The number of H-pyrrole nitrogens is 1. The molecular weight excluding hydrogens is 544 g/mol. The van der Waals surface area contributed by atoms with Gasteiger partial charge < -0.3 is 15.0 Å². The highest BCUT2D eigenvalue weighted by Crippen LogP contribution is 2.54. The van der Waals surface area contributed by atoms with Gasteiger partial charge in [0.05, 0.1) is 17.9 Å². The summed E-state index contributed by atoms with van der Waals surface area (Å²) in [5.41, 5.74) is 7.77. The largest absolute Gasteiger partial charge is 0.444 e. The van der Waals surface area contributed by atoms with Crippen LogP contribution in [-0.2, 0) is 4.74 Å². The predicted octanol–water partition coefficient (Wildman–Crippen LogP) is 9.62. The summed E-state index contributed by atoms with van der Waals surface area (Å²) in [5.74, 6) is 2.51. The number of imidazole rings is 1. The maximum atomic E-state index is 12.6. The topological polar surface area (TPSA) is 79.4 Å². The van der Waals surface area contributed by atoms with E-state index in [0.717, 1.165) is 17.2 Å². The second-order valence-corrected chi connectivity index (χ2v) is 15.9. The van der Waals surface area contributed by atoms with Gasteiger partial charge in [0.1, 0.15) is 11.4 Å². The smallest absolute Gasteiger partial charge is 0.408 e. The summed E-state index contributed by atoms with van der Waals surface area (Å²) >= 11 is 0. The zero-order valence-corrected chi connectivity index (χ0v) is 28.2. The minimum Gasteiger partial charge on any atom is -0.444 e. The summed E-state index contributed by atoms with van der Waals surface area (Å²) in [5, 5.41) is 3.07. The minimum atomic E-state index is -0.547. The van der Waals surface area contributed by atoms with Crippen molar-refractivity contribution in [2.45, 2.75) is 111 Å². The molecule has 2 aliphatic rings. The molecule has 2 heterocycles. The molecule has 1 aliphatic heterocycles. The van der Waals surface area contributed by atoms with Crippen LogP contribution >= 0.6 is 0 Å². The van der Waals surface area contributed by atoms with Crippen molar-refractivity contribution in [1.29, 1.82) is 0 Å². The molecule has 3 aromatic rings. The molecular formula is C38H50N4O2. The van der Waals surface area contributed by atoms with E-state index >= 15 is 0 Å². The zero-order chi connectivity index (χ0) is 32.0. The molecule has 2 aromatic carbocycles. The van der Waals surface area contributed by atoms with E-state index in [-0.39, 0.29) is 16.9 Å². The van der Waals surface area contributed by atoms with Crippen molar-refractivity contribution < 1.29 is 9.53 Å². The number of carbonyl (C=O) groups is 1. The maximum absolute atomic E-state index is 12.6. The summed E-state index contributed by atoms with van der Waals surface area (Å²) in [6, 6.07) is 17.8. The number of nitrogens with zero attached hydrogens (tertiary/aromatic N) is 2. The van der Waals surface area contributed by atoms with Crippen LogP contribution in [0.15, 0.2) is 65.9 Å². The van der Waals surface area contributed by atoms with Gasteiger partial charge in [0.25, 0.3) is 0 Å². The summed E-state index contributed by atoms with van der Waals surface area (Å²) in [4.78, 5) is 25.6. The fourth-order valence-electron chi connectivity index (χ4n) is 5.93. The first-order chi connectivity index (χ1) is 20.5. The molecule has 0 radical (unpaired) electrons. The molecule has 2 N–H and O–H groups in total. The van der Waals surface area contributed by atoms with E-state index in [9.17, 15) is 4.79 Å². The summed E-state index contributed by atoms with van der Waals surface area (Å²) in [6.45, 7) is 21.0. The number of rotatable bonds is 7. The molecule has 0 unspecified atom stereocenters. The first kappa shape index (κ1) is 31.7. The highest BCUT2D eigenvalue weighted by molar-refractivity contribution is 6.03. The van der Waals surface area contributed by atoms with Gasteiger partial charge in [-0.2, -0.15) is 0 Å². The van der Waals surface area contributed by atoms with Crippen molar-refractivity contribution >= 4 is 17.4 Å². The number of nitrogens with one attached hydrogen (secondary N) is 2. The van der Waals surface area contributed by atoms with Gasteiger partial charge in [0.2, 0.25) is 0 Å². The monoisotopic (exact) mass is 594 g/mol. The van der Waals surface area contributed by atoms with E-state index < -0.39 is 11.7 Å². The minimum absolute atomic E-state index is 0.166. The van der Waals surface area contributed by atoms with Crippen LogP contribution in [0.1, 0.15) is 122 Å². The number of aliphatic imine (C=N–C) groups is 1. The van der Waals surface area contributed by atoms with E-state index in [4.69, 9.17) is 9.73 Å². The third kappa shape index (κ3) is 7.34. The molecule has 1 saturated carbocycles. The number of hydrogen-bond donors (Lipinski definition) is 2. The van der Waals surface area contributed by atoms with Crippen molar-refractivity contribution in [3.63, 3.8) is 0 Å². The fraction of sp³-hybridized carbons (Fsp3) is 0.500. The zero-order valence-electron chi connectivity index (χ0n) is 28.2. The van der Waals surface area contributed by atoms with E-state index in [0.29, 0.717) is 24.2 Å². The predicted molar refractivity (Wildman–Crippen MR) is 181 cm³/mol. The van der Waals surface area contributed by atoms with Gasteiger partial charge in [-0.3, -0.25) is 4.99 Å². The Labute approximate surface area is 263 Å². The Balaban J connectivity index is 1.18. The number of carbonyl (C=O) groups excluding carboxylic acids is 1. The van der Waals surface area contributed by atoms with Crippen LogP contribution in [0.5, 0.6) is 0 Å². The van der Waals surface area contributed by atoms with Crippen LogP contribution < -0.4 is 5.32 Å². The summed E-state index contributed by atoms with van der Waals surface area (Å²) < 4.78 is 5.54. The van der Waals surface area contributed by atoms with Crippen molar-refractivity contribution in [3.05, 3.63) is 83.4 Å². The fourth-order valence-corrected chi connectivity index (χ4v) is 5.93. The lowest BCUT2D eigenvalue weighted by atomic mass is 9.82. The first-order valence-corrected chi connectivity index (χ1v) is 16.0. The van der Waals surface area contributed by atoms with Crippen LogP contribution in [0.3, 0.4) is 0 Å². The van der Waals surface area contributed by atoms with E-state index in [1.54, 1.807) is 0 Å². The van der Waals surface area contributed by atoms with Crippen LogP contribution in [0, 0.1) is 10.8 Å². The lowest BCUT2D eigenvalue weighted by molar-refractivity contribution is 0.0491. The van der Waals surface area contributed by atoms with E-state index in [1.165, 1.54) is 34.2 Å². The van der Waals surface area contributed by atoms with Gasteiger partial charge in [0.15, 0.2) is 0 Å². The molecule has 1 aromatic heterocycles. The van der Waals surface area contributed by atoms with E-state index in [1.807, 2.05) is 33.2 Å². The second kappa shape index (κ2) is 11.7. The number of benzene rings is 2. The first-order valence-electron chi connectivity index (χ1n) is 16.0. The molecule has 6 nitrogen and oxygen atoms in total. The molecule has 5 rings (SSSR count). The van der Waals surface area contributed by atoms with Crippen LogP contribution in [0.2, 0.25) is 0 Å². The lowest BCUT2D eigenvalue weighted by Gasteiger charge is -2.32. The number of aromatic nitrogens is 2. The molecule has 4 atom stereocenters. The Kier molecular flexibility index (Phi) is 8.43. The van der Waals surface area contributed by atoms with Crippen LogP contribution in [-0.4, -0.2) is 33.4 Å². The SMILES string of the molecule is C[C@H](c1ncc(-c2ccc([C@H]3C[C@@H]3c3ccc(C4=CN=C([C@@H](NC(=O)OC(C)(C)C)C(C)(C)C)C4)cc3)cc2)[nH]1)C(C)(C)C. The van der Waals surface area contributed by atoms with Gasteiger partial charge in [-0.1, -0.05) is 97.0 Å².